The van der Waals surface area contributed by atoms with Gasteiger partial charge in [-0.3, -0.25) is 0 Å². The average Bonchev–Trinajstić information content (AvgIpc) is 2.67. The Bertz CT molecular complexity index is 727. The smallest absolute Gasteiger partial charge is 0.349 e. The van der Waals surface area contributed by atoms with E-state index >= 15 is 0 Å². The van der Waals surface area contributed by atoms with Gasteiger partial charge in [0.25, 0.3) is 0 Å². The predicted molar refractivity (Wildman–Crippen MR) is 121 cm³/mol. The molecule has 0 aliphatic heterocycles. The van der Waals surface area contributed by atoms with E-state index in [4.69, 9.17) is 21.2 Å². The van der Waals surface area contributed by atoms with Crippen LogP contribution >= 0.6 is 0 Å². The van der Waals surface area contributed by atoms with Crippen molar-refractivity contribution < 1.29 is 19.1 Å². The highest BCUT2D eigenvalue weighted by Crippen LogP contribution is 2.03. The standard InChI is InChI=1S/C24H33N3O4/c1-8-21(23(28)30-19(2)3)12-9-14-26(6)16-11-17-27(7)15-10-13-22(18-25)24(29)31-20(4)5/h1,9-10,12-15,19-20H,11,16-17H2,2-7H3. The normalized spacial score (nSPS) is 12.2. The first-order valence-corrected chi connectivity index (χ1v) is 10.1. The van der Waals surface area contributed by atoms with Crippen LogP contribution in [-0.2, 0) is 19.1 Å². The van der Waals surface area contributed by atoms with Crippen molar-refractivity contribution in [1.29, 1.82) is 5.26 Å². The zero-order valence-electron chi connectivity index (χ0n) is 19.3. The molecule has 0 saturated heterocycles. The molecule has 31 heavy (non-hydrogen) atoms. The van der Waals surface area contributed by atoms with E-state index in [1.807, 2.05) is 36.2 Å². The fraction of sp³-hybridized carbons (Fsp3) is 0.458. The van der Waals surface area contributed by atoms with Crippen molar-refractivity contribution in [2.75, 3.05) is 27.2 Å². The molecular formula is C24H33N3O4. The molecule has 0 rings (SSSR count). The molecule has 0 spiro atoms. The van der Waals surface area contributed by atoms with Gasteiger partial charge >= 0.3 is 11.9 Å². The van der Waals surface area contributed by atoms with Gasteiger partial charge in [0, 0.05) is 27.2 Å². The Morgan fingerprint density at radius 3 is 1.71 bits per heavy atom. The quantitative estimate of drug-likeness (QED) is 0.155. The Kier molecular flexibility index (Phi) is 13.7. The minimum atomic E-state index is -0.627. The maximum atomic E-state index is 11.8. The van der Waals surface area contributed by atoms with Gasteiger partial charge in [-0.05, 0) is 70.8 Å². The van der Waals surface area contributed by atoms with Crippen molar-refractivity contribution in [3.05, 3.63) is 47.9 Å². The minimum absolute atomic E-state index is 0.0418. The predicted octanol–water partition coefficient (Wildman–Crippen LogP) is 3.18. The highest BCUT2D eigenvalue weighted by atomic mass is 16.5. The van der Waals surface area contributed by atoms with Crippen LogP contribution in [0.15, 0.2) is 47.9 Å². The fourth-order valence-corrected chi connectivity index (χ4v) is 2.17. The van der Waals surface area contributed by atoms with E-state index in [9.17, 15) is 9.59 Å². The molecule has 0 atom stereocenters. The molecule has 0 aromatic heterocycles. The van der Waals surface area contributed by atoms with Crippen LogP contribution < -0.4 is 0 Å². The van der Waals surface area contributed by atoms with Crippen LogP contribution in [0.25, 0.3) is 0 Å². The summed E-state index contributed by atoms with van der Waals surface area (Å²) < 4.78 is 10.1. The first kappa shape index (κ1) is 27.5. The van der Waals surface area contributed by atoms with Crippen LogP contribution in [0.5, 0.6) is 0 Å². The lowest BCUT2D eigenvalue weighted by Gasteiger charge is -2.17. The molecule has 168 valence electrons. The molecule has 0 heterocycles. The molecule has 7 heteroatoms. The summed E-state index contributed by atoms with van der Waals surface area (Å²) in [5.41, 5.74) is 0.130. The third-order valence-corrected chi connectivity index (χ3v) is 3.63. The van der Waals surface area contributed by atoms with Crippen molar-refractivity contribution in [1.82, 2.24) is 9.80 Å². The van der Waals surface area contributed by atoms with Crippen LogP contribution in [0.3, 0.4) is 0 Å². The van der Waals surface area contributed by atoms with Gasteiger partial charge in [0.2, 0.25) is 0 Å². The Balaban J connectivity index is 4.52. The first-order valence-electron chi connectivity index (χ1n) is 10.1. The SMILES string of the molecule is C#CC(=CC=CN(C)CCCN(C)C=CC=C(C#N)C(=O)OC(C)C)C(=O)OC(C)C. The monoisotopic (exact) mass is 427 g/mol. The maximum absolute atomic E-state index is 11.8. The number of nitriles is 1. The van der Waals surface area contributed by atoms with Crippen molar-refractivity contribution in [2.24, 2.45) is 0 Å². The van der Waals surface area contributed by atoms with Gasteiger partial charge in [-0.15, -0.1) is 6.42 Å². The number of rotatable bonds is 12. The molecule has 7 nitrogen and oxygen atoms in total. The second-order valence-corrected chi connectivity index (χ2v) is 7.32. The molecular weight excluding hydrogens is 394 g/mol. The number of esters is 2. The van der Waals surface area contributed by atoms with Gasteiger partial charge in [0.05, 0.1) is 12.2 Å². The molecule has 0 aromatic carbocycles. The lowest BCUT2D eigenvalue weighted by atomic mass is 10.2. The number of hydrogen-bond acceptors (Lipinski definition) is 7. The summed E-state index contributed by atoms with van der Waals surface area (Å²) in [6.07, 6.45) is 15.7. The van der Waals surface area contributed by atoms with Crippen LogP contribution in [0.1, 0.15) is 34.1 Å². The maximum Gasteiger partial charge on any atom is 0.349 e. The lowest BCUT2D eigenvalue weighted by molar-refractivity contribution is -0.143. The van der Waals surface area contributed by atoms with Gasteiger partial charge in [0.15, 0.2) is 0 Å². The number of hydrogen-bond donors (Lipinski definition) is 0. The van der Waals surface area contributed by atoms with E-state index in [2.05, 4.69) is 5.92 Å². The summed E-state index contributed by atoms with van der Waals surface area (Å²) in [6.45, 7) is 8.54. The van der Waals surface area contributed by atoms with Crippen molar-refractivity contribution in [3.8, 4) is 18.4 Å². The van der Waals surface area contributed by atoms with E-state index in [-0.39, 0.29) is 23.4 Å². The third kappa shape index (κ3) is 13.4. The summed E-state index contributed by atoms with van der Waals surface area (Å²) in [4.78, 5) is 27.5. The van der Waals surface area contributed by atoms with Gasteiger partial charge < -0.3 is 19.3 Å². The summed E-state index contributed by atoms with van der Waals surface area (Å²) >= 11 is 0. The molecule has 0 fully saturated rings. The number of carbonyl (C=O) groups excluding carboxylic acids is 2. The topological polar surface area (TPSA) is 82.9 Å². The lowest BCUT2D eigenvalue weighted by Crippen LogP contribution is -2.19. The zero-order valence-corrected chi connectivity index (χ0v) is 19.3. The summed E-state index contributed by atoms with van der Waals surface area (Å²) in [5, 5.41) is 9.05. The number of nitrogens with zero attached hydrogens (tertiary/aromatic N) is 3. The van der Waals surface area contributed by atoms with Crippen LogP contribution in [-0.4, -0.2) is 61.1 Å². The Labute approximate surface area is 186 Å². The third-order valence-electron chi connectivity index (χ3n) is 3.63. The van der Waals surface area contributed by atoms with Gasteiger partial charge in [-0.2, -0.15) is 5.26 Å². The molecule has 0 unspecified atom stereocenters. The molecule has 0 amide bonds. The largest absolute Gasteiger partial charge is 0.459 e. The molecule has 0 bridgehead atoms. The second kappa shape index (κ2) is 15.4. The molecule has 0 radical (unpaired) electrons. The van der Waals surface area contributed by atoms with Crippen molar-refractivity contribution in [2.45, 2.75) is 46.3 Å². The fourth-order valence-electron chi connectivity index (χ4n) is 2.17. The molecule has 0 aliphatic carbocycles. The highest BCUT2D eigenvalue weighted by Gasteiger charge is 2.11. The summed E-state index contributed by atoms with van der Waals surface area (Å²) in [5.74, 6) is 1.20. The second-order valence-electron chi connectivity index (χ2n) is 7.32. The number of allylic oxidation sites excluding steroid dienone is 4. The van der Waals surface area contributed by atoms with Gasteiger partial charge in [-0.25, -0.2) is 9.59 Å². The molecule has 0 saturated carbocycles. The summed E-state index contributed by atoms with van der Waals surface area (Å²) in [6, 6.07) is 1.84. The van der Waals surface area contributed by atoms with E-state index in [1.165, 1.54) is 6.08 Å². The molecule has 0 N–H and O–H groups in total. The first-order chi connectivity index (χ1) is 14.6. The van der Waals surface area contributed by atoms with E-state index in [1.54, 1.807) is 52.1 Å². The van der Waals surface area contributed by atoms with Crippen LogP contribution in [0, 0.1) is 23.7 Å². The molecule has 0 aromatic rings. The van der Waals surface area contributed by atoms with E-state index in [0.29, 0.717) is 0 Å². The van der Waals surface area contributed by atoms with Crippen molar-refractivity contribution in [3.63, 3.8) is 0 Å². The number of carbonyl (C=O) groups is 2. The summed E-state index contributed by atoms with van der Waals surface area (Å²) in [7, 11) is 3.82. The Morgan fingerprint density at radius 1 is 0.903 bits per heavy atom. The number of terminal acetylenes is 1. The van der Waals surface area contributed by atoms with Gasteiger partial charge in [-0.1, -0.05) is 5.92 Å². The molecule has 0 aliphatic rings. The van der Waals surface area contributed by atoms with E-state index < -0.39 is 11.9 Å². The van der Waals surface area contributed by atoms with E-state index in [0.717, 1.165) is 19.5 Å². The number of ether oxygens (including phenoxy) is 2. The Hall–Kier alpha value is -3.45. The average molecular weight is 428 g/mol. The highest BCUT2D eigenvalue weighted by molar-refractivity contribution is 5.94. The minimum Gasteiger partial charge on any atom is -0.459 e. The van der Waals surface area contributed by atoms with Crippen LogP contribution in [0.2, 0.25) is 0 Å². The zero-order chi connectivity index (χ0) is 23.8. The van der Waals surface area contributed by atoms with Crippen molar-refractivity contribution >= 4 is 11.9 Å². The van der Waals surface area contributed by atoms with Crippen LogP contribution in [0.4, 0.5) is 0 Å². The Morgan fingerprint density at radius 2 is 1.32 bits per heavy atom. The van der Waals surface area contributed by atoms with Gasteiger partial charge in [0.1, 0.15) is 17.2 Å².